The van der Waals surface area contributed by atoms with E-state index in [1.165, 1.54) is 30.5 Å². The highest BCUT2D eigenvalue weighted by Gasteiger charge is 2.49. The number of nitrogens with one attached hydrogen (secondary N) is 1. The first-order valence-corrected chi connectivity index (χ1v) is 11.7. The minimum atomic E-state index is -4.65. The number of aliphatic imine (C=N–C) groups is 1. The van der Waals surface area contributed by atoms with Gasteiger partial charge in [-0.15, -0.1) is 0 Å². The summed E-state index contributed by atoms with van der Waals surface area (Å²) in [6.07, 6.45) is -2.76. The molecule has 1 aliphatic heterocycles. The molecule has 0 spiro atoms. The molecule has 3 heterocycles. The van der Waals surface area contributed by atoms with E-state index >= 15 is 0 Å². The van der Waals surface area contributed by atoms with Crippen molar-refractivity contribution < 1.29 is 26.7 Å². The van der Waals surface area contributed by atoms with Gasteiger partial charge in [-0.3, -0.25) is 14.1 Å². The summed E-state index contributed by atoms with van der Waals surface area (Å²) in [7, 11) is -3.26. The summed E-state index contributed by atoms with van der Waals surface area (Å²) in [5.74, 6) is -0.782. The molecule has 0 radical (unpaired) electrons. The van der Waals surface area contributed by atoms with Gasteiger partial charge in [0.15, 0.2) is 11.5 Å². The van der Waals surface area contributed by atoms with E-state index in [4.69, 9.17) is 5.73 Å². The van der Waals surface area contributed by atoms with Crippen LogP contribution in [0.2, 0.25) is 0 Å². The van der Waals surface area contributed by atoms with Crippen LogP contribution < -0.4 is 11.1 Å². The first-order valence-electron chi connectivity index (χ1n) is 10.0. The highest BCUT2D eigenvalue weighted by molar-refractivity contribution is 8.26. The Balaban J connectivity index is 1.74. The van der Waals surface area contributed by atoms with E-state index in [0.29, 0.717) is 11.9 Å². The number of nitrogens with two attached hydrogens (primary N) is 1. The fraction of sp³-hybridized carbons (Fsp3) is 0.333. The Morgan fingerprint density at radius 3 is 2.47 bits per heavy atom. The molecule has 34 heavy (non-hydrogen) atoms. The van der Waals surface area contributed by atoms with Crippen molar-refractivity contribution in [3.05, 3.63) is 53.7 Å². The maximum absolute atomic E-state index is 14.9. The smallest absolute Gasteiger partial charge is 0.386 e. The van der Waals surface area contributed by atoms with Gasteiger partial charge in [0.1, 0.15) is 27.5 Å². The van der Waals surface area contributed by atoms with Crippen molar-refractivity contribution in [2.75, 3.05) is 11.1 Å². The summed E-state index contributed by atoms with van der Waals surface area (Å²) in [4.78, 5) is 16.0. The average molecular weight is 499 g/mol. The van der Waals surface area contributed by atoms with Crippen molar-refractivity contribution in [2.24, 2.45) is 10.7 Å². The van der Waals surface area contributed by atoms with Crippen LogP contribution in [0.3, 0.4) is 0 Å². The van der Waals surface area contributed by atoms with Crippen LogP contribution in [0.15, 0.2) is 41.7 Å². The van der Waals surface area contributed by atoms with Gasteiger partial charge in [-0.05, 0) is 45.0 Å². The van der Waals surface area contributed by atoms with Gasteiger partial charge in [-0.25, -0.2) is 19.3 Å². The molecule has 1 aliphatic rings. The second-order valence-electron chi connectivity index (χ2n) is 8.69. The number of anilines is 2. The molecule has 0 saturated carbocycles. The Hall–Kier alpha value is -3.03. The normalized spacial score (nSPS) is 22.8. The predicted molar refractivity (Wildman–Crippen MR) is 123 cm³/mol. The number of halogens is 4. The van der Waals surface area contributed by atoms with Gasteiger partial charge in [0.2, 0.25) is 0 Å². The molecule has 1 atom stereocenters. The van der Waals surface area contributed by atoms with Crippen molar-refractivity contribution in [1.29, 1.82) is 0 Å². The molecule has 8 nitrogen and oxygen atoms in total. The van der Waals surface area contributed by atoms with Crippen LogP contribution in [0.25, 0.3) is 11.0 Å². The van der Waals surface area contributed by atoms with Gasteiger partial charge in [0.25, 0.3) is 0 Å². The van der Waals surface area contributed by atoms with E-state index in [2.05, 4.69) is 25.3 Å². The maximum Gasteiger partial charge on any atom is 0.434 e. The van der Waals surface area contributed by atoms with Crippen LogP contribution >= 0.6 is 10.6 Å². The zero-order chi connectivity index (χ0) is 25.1. The number of alkyl halides is 3. The number of fused-ring (bicyclic) bond motifs is 1. The zero-order valence-corrected chi connectivity index (χ0v) is 19.2. The summed E-state index contributed by atoms with van der Waals surface area (Å²) in [5.41, 5.74) is 3.97. The van der Waals surface area contributed by atoms with E-state index < -0.39 is 38.6 Å². The molecule has 0 unspecified atom stereocenters. The Morgan fingerprint density at radius 1 is 1.12 bits per heavy atom. The lowest BCUT2D eigenvalue weighted by molar-refractivity contribution is -0.141. The fourth-order valence-corrected chi connectivity index (χ4v) is 5.38. The zero-order valence-electron chi connectivity index (χ0n) is 18.4. The molecule has 4 rings (SSSR count). The topological polar surface area (TPSA) is 130 Å². The fourth-order valence-electron chi connectivity index (χ4n) is 3.64. The predicted octanol–water partition coefficient (Wildman–Crippen LogP) is 5.04. The molecule has 5 N–H and O–H groups in total. The molecule has 0 saturated heterocycles. The number of hydrogen-bond acceptors (Lipinski definition) is 8. The van der Waals surface area contributed by atoms with Crippen molar-refractivity contribution in [3.8, 4) is 0 Å². The van der Waals surface area contributed by atoms with Gasteiger partial charge < -0.3 is 11.1 Å². The molecule has 13 heteroatoms. The third-order valence-corrected chi connectivity index (χ3v) is 8.65. The van der Waals surface area contributed by atoms with Crippen LogP contribution in [-0.4, -0.2) is 40.4 Å². The second-order valence-corrected chi connectivity index (χ2v) is 11.3. The lowest BCUT2D eigenvalue weighted by Gasteiger charge is -2.53. The van der Waals surface area contributed by atoms with Gasteiger partial charge in [0, 0.05) is 17.4 Å². The van der Waals surface area contributed by atoms with Crippen LogP contribution in [0.4, 0.5) is 29.1 Å². The quantitative estimate of drug-likeness (QED) is 0.372. The summed E-state index contributed by atoms with van der Waals surface area (Å²) >= 11 is 0. The molecular weight excluding hydrogens is 476 g/mol. The number of nitrogens with zero attached hydrogens (tertiary/aromatic N) is 4. The summed E-state index contributed by atoms with van der Waals surface area (Å²) < 4.78 is 74.0. The number of aromatic nitrogens is 3. The molecule has 182 valence electrons. The van der Waals surface area contributed by atoms with Gasteiger partial charge in [-0.1, -0.05) is 0 Å². The monoisotopic (exact) mass is 498 g/mol. The molecule has 0 fully saturated rings. The highest BCUT2D eigenvalue weighted by atomic mass is 32.3. The molecule has 0 bridgehead atoms. The van der Waals surface area contributed by atoms with E-state index in [1.807, 2.05) is 0 Å². The molecule has 1 aromatic carbocycles. The molecule has 3 aromatic rings. The maximum atomic E-state index is 14.9. The average Bonchev–Trinajstić information content (AvgIpc) is 2.72. The van der Waals surface area contributed by atoms with E-state index in [1.54, 1.807) is 20.8 Å². The first-order chi connectivity index (χ1) is 15.6. The number of pyridine rings is 1. The van der Waals surface area contributed by atoms with Crippen molar-refractivity contribution in [2.45, 2.75) is 37.2 Å². The minimum absolute atomic E-state index is 0.00882. The van der Waals surface area contributed by atoms with Crippen LogP contribution in [0.5, 0.6) is 0 Å². The Labute approximate surface area is 193 Å². The number of rotatable bonds is 3. The Morgan fingerprint density at radius 2 is 1.82 bits per heavy atom. The summed E-state index contributed by atoms with van der Waals surface area (Å²) in [5, 5.41) is 2.92. The van der Waals surface area contributed by atoms with Crippen molar-refractivity contribution in [3.63, 3.8) is 0 Å². The summed E-state index contributed by atoms with van der Waals surface area (Å²) in [6.45, 7) is 4.67. The molecule has 0 aliphatic carbocycles. The van der Waals surface area contributed by atoms with Crippen molar-refractivity contribution in [1.82, 2.24) is 15.0 Å². The van der Waals surface area contributed by atoms with Crippen LogP contribution in [-0.2, 0) is 11.7 Å². The molecular formula is C21H22F4N6O2S. The SMILES string of the molecule is CC1(C)C(N)=N[C@](C)(c2cc(Nc3nccc4nc(C(F)(F)F)cnc34)ccc2F)CS1(O)O. The Kier molecular flexibility index (Phi) is 5.49. The lowest BCUT2D eigenvalue weighted by Crippen LogP contribution is -2.52. The third-order valence-electron chi connectivity index (χ3n) is 5.84. The second kappa shape index (κ2) is 7.75. The van der Waals surface area contributed by atoms with Gasteiger partial charge in [-0.2, -0.15) is 23.8 Å². The number of benzene rings is 1. The van der Waals surface area contributed by atoms with Gasteiger partial charge in [0.05, 0.1) is 17.5 Å². The van der Waals surface area contributed by atoms with Crippen molar-refractivity contribution >= 4 is 39.0 Å². The number of amidine groups is 1. The standard InChI is InChI=1S/C21H22F4N6O2S/c1-19(2)18(26)31-20(3,10-34(19,32)33)12-8-11(4-5-13(12)22)29-17-16-14(6-7-27-17)30-15(9-28-16)21(23,24)25/h4-9,32-33H,10H2,1-3H3,(H2,26,31)(H,27,29)/t20-/m0/s1. The van der Waals surface area contributed by atoms with E-state index in [9.17, 15) is 26.7 Å². The molecule has 2 aromatic heterocycles. The van der Waals surface area contributed by atoms with Crippen LogP contribution in [0, 0.1) is 5.82 Å². The lowest BCUT2D eigenvalue weighted by atomic mass is 9.92. The number of hydrogen-bond donors (Lipinski definition) is 4. The largest absolute Gasteiger partial charge is 0.434 e. The van der Waals surface area contributed by atoms with Gasteiger partial charge >= 0.3 is 6.18 Å². The summed E-state index contributed by atoms with van der Waals surface area (Å²) in [6, 6.07) is 5.28. The highest BCUT2D eigenvalue weighted by Crippen LogP contribution is 2.59. The minimum Gasteiger partial charge on any atom is -0.386 e. The van der Waals surface area contributed by atoms with E-state index in [-0.39, 0.29) is 34.0 Å². The first kappa shape index (κ1) is 24.1. The molecule has 0 amide bonds. The van der Waals surface area contributed by atoms with E-state index in [0.717, 1.165) is 0 Å². The Bertz CT molecular complexity index is 1310. The third kappa shape index (κ3) is 4.03. The van der Waals surface area contributed by atoms with Crippen LogP contribution in [0.1, 0.15) is 32.0 Å².